The number of non-ortho nitro benzene ring substituents is 1. The van der Waals surface area contributed by atoms with Gasteiger partial charge < -0.3 is 14.6 Å². The lowest BCUT2D eigenvalue weighted by Crippen LogP contribution is -2.49. The Labute approximate surface area is 172 Å². The van der Waals surface area contributed by atoms with E-state index in [0.717, 1.165) is 25.3 Å². The Balaban J connectivity index is 2.83. The zero-order valence-corrected chi connectivity index (χ0v) is 16.9. The van der Waals surface area contributed by atoms with Crippen LogP contribution in [0.3, 0.4) is 0 Å². The summed E-state index contributed by atoms with van der Waals surface area (Å²) in [6.07, 6.45) is -1.91. The molecule has 10 nitrogen and oxygen atoms in total. The molecule has 0 fully saturated rings. The highest BCUT2D eigenvalue weighted by Crippen LogP contribution is 2.45. The number of aliphatic hydroxyl groups is 1. The number of nitro benzene ring substituents is 2. The summed E-state index contributed by atoms with van der Waals surface area (Å²) in [6, 6.07) is 10.7. The normalized spacial score (nSPS) is 14.4. The minimum Gasteiger partial charge on any atom is -0.467 e. The number of nitro groups is 2. The summed E-state index contributed by atoms with van der Waals surface area (Å²) in [4.78, 5) is 34.0. The quantitative estimate of drug-likeness (QED) is 0.409. The first-order valence-electron chi connectivity index (χ1n) is 8.89. The largest absolute Gasteiger partial charge is 0.467 e. The molecule has 0 aliphatic heterocycles. The second-order valence-electron chi connectivity index (χ2n) is 7.47. The van der Waals surface area contributed by atoms with Crippen molar-refractivity contribution >= 4 is 17.3 Å². The third-order valence-corrected chi connectivity index (χ3v) is 4.26. The van der Waals surface area contributed by atoms with Gasteiger partial charge in [0.15, 0.2) is 0 Å². The summed E-state index contributed by atoms with van der Waals surface area (Å²) in [7, 11) is 1.10. The maximum atomic E-state index is 13.0. The van der Waals surface area contributed by atoms with Gasteiger partial charge in [-0.2, -0.15) is 0 Å². The van der Waals surface area contributed by atoms with Gasteiger partial charge in [0.1, 0.15) is 6.10 Å². The van der Waals surface area contributed by atoms with E-state index in [9.17, 15) is 30.1 Å². The Morgan fingerprint density at radius 3 is 2.10 bits per heavy atom. The molecule has 10 heteroatoms. The molecule has 2 rings (SSSR count). The van der Waals surface area contributed by atoms with E-state index in [1.165, 1.54) is 12.1 Å². The molecular weight excluding hydrogens is 396 g/mol. The number of carbonyl (C=O) groups is 1. The Morgan fingerprint density at radius 1 is 1.03 bits per heavy atom. The summed E-state index contributed by atoms with van der Waals surface area (Å²) in [6.45, 7) is 4.93. The van der Waals surface area contributed by atoms with Crippen LogP contribution < -0.4 is 0 Å². The molecule has 160 valence electrons. The molecule has 0 spiro atoms. The molecular formula is C20H22N2O8. The second kappa shape index (κ2) is 8.56. The van der Waals surface area contributed by atoms with E-state index >= 15 is 0 Å². The third kappa shape index (κ3) is 4.44. The van der Waals surface area contributed by atoms with Crippen LogP contribution in [0, 0.1) is 20.2 Å². The number of carbonyl (C=O) groups excluding carboxylic acids is 1. The van der Waals surface area contributed by atoms with E-state index in [-0.39, 0.29) is 11.1 Å². The van der Waals surface area contributed by atoms with Gasteiger partial charge in [-0.05, 0) is 32.4 Å². The van der Waals surface area contributed by atoms with Crippen LogP contribution >= 0.6 is 0 Å². The van der Waals surface area contributed by atoms with Gasteiger partial charge in [-0.3, -0.25) is 20.2 Å². The number of benzene rings is 2. The van der Waals surface area contributed by atoms with Gasteiger partial charge >= 0.3 is 5.97 Å². The maximum Gasteiger partial charge on any atom is 0.346 e. The molecule has 0 aromatic heterocycles. The van der Waals surface area contributed by atoms with Gasteiger partial charge in [-0.15, -0.1) is 0 Å². The average Bonchev–Trinajstić information content (AvgIpc) is 2.70. The van der Waals surface area contributed by atoms with Gasteiger partial charge in [0.2, 0.25) is 5.60 Å². The van der Waals surface area contributed by atoms with Crippen LogP contribution in [-0.2, 0) is 19.9 Å². The zero-order valence-electron chi connectivity index (χ0n) is 16.9. The smallest absolute Gasteiger partial charge is 0.346 e. The monoisotopic (exact) mass is 418 g/mol. The van der Waals surface area contributed by atoms with E-state index in [2.05, 4.69) is 0 Å². The number of hydrogen-bond donors (Lipinski definition) is 1. The number of nitrogens with zero attached hydrogens (tertiary/aromatic N) is 2. The lowest BCUT2D eigenvalue weighted by molar-refractivity contribution is -0.395. The first kappa shape index (κ1) is 22.9. The van der Waals surface area contributed by atoms with Crippen LogP contribution in [-0.4, -0.2) is 33.6 Å². The number of rotatable bonds is 7. The predicted octanol–water partition coefficient (Wildman–Crippen LogP) is 3.42. The average molecular weight is 418 g/mol. The first-order chi connectivity index (χ1) is 13.9. The van der Waals surface area contributed by atoms with Crippen molar-refractivity contribution in [2.24, 2.45) is 0 Å². The Bertz CT molecular complexity index is 955. The molecule has 0 saturated heterocycles. The standard InChI is InChI=1S/C20H22N2O8/c1-19(2,3)30-20(18(24)29-4,13-8-6-5-7-9-13)17(23)15-11-10-14(21(25)26)12-16(15)22(27)28/h5-12,17,23H,1-4H3/t17-,20-/m0/s1. The molecule has 0 amide bonds. The van der Waals surface area contributed by atoms with E-state index in [1.54, 1.807) is 39.0 Å². The summed E-state index contributed by atoms with van der Waals surface area (Å²) in [5.74, 6) is -0.983. The van der Waals surface area contributed by atoms with Crippen molar-refractivity contribution in [3.8, 4) is 0 Å². The zero-order chi connectivity index (χ0) is 22.7. The van der Waals surface area contributed by atoms with E-state index in [1.807, 2.05) is 0 Å². The van der Waals surface area contributed by atoms with Crippen molar-refractivity contribution in [2.45, 2.75) is 38.1 Å². The molecule has 2 atom stereocenters. The molecule has 2 aromatic rings. The van der Waals surface area contributed by atoms with Crippen LogP contribution in [0.2, 0.25) is 0 Å². The molecule has 30 heavy (non-hydrogen) atoms. The molecule has 0 bridgehead atoms. The number of hydrogen-bond acceptors (Lipinski definition) is 8. The summed E-state index contributed by atoms with van der Waals surface area (Å²) >= 11 is 0. The first-order valence-corrected chi connectivity index (χ1v) is 8.89. The van der Waals surface area contributed by atoms with Crippen LogP contribution in [0.5, 0.6) is 0 Å². The van der Waals surface area contributed by atoms with Crippen LogP contribution in [0.1, 0.15) is 38.0 Å². The summed E-state index contributed by atoms with van der Waals surface area (Å²) < 4.78 is 10.9. The number of aliphatic hydroxyl groups excluding tert-OH is 1. The number of ether oxygens (including phenoxy) is 2. The van der Waals surface area contributed by atoms with Crippen molar-refractivity contribution in [2.75, 3.05) is 7.11 Å². The number of esters is 1. The van der Waals surface area contributed by atoms with Gasteiger partial charge in [0, 0.05) is 6.07 Å². The fourth-order valence-corrected chi connectivity index (χ4v) is 3.12. The van der Waals surface area contributed by atoms with Gasteiger partial charge in [-0.1, -0.05) is 30.3 Å². The lowest BCUT2D eigenvalue weighted by atomic mass is 9.82. The minimum absolute atomic E-state index is 0.201. The molecule has 0 saturated carbocycles. The second-order valence-corrected chi connectivity index (χ2v) is 7.47. The molecule has 0 aliphatic carbocycles. The maximum absolute atomic E-state index is 13.0. The molecule has 0 heterocycles. The molecule has 1 N–H and O–H groups in total. The highest BCUT2D eigenvalue weighted by molar-refractivity contribution is 5.83. The van der Waals surface area contributed by atoms with Gasteiger partial charge in [-0.25, -0.2) is 4.79 Å². The van der Waals surface area contributed by atoms with Crippen molar-refractivity contribution < 1.29 is 29.2 Å². The highest BCUT2D eigenvalue weighted by Gasteiger charge is 2.54. The fraction of sp³-hybridized carbons (Fsp3) is 0.350. The lowest BCUT2D eigenvalue weighted by Gasteiger charge is -2.40. The van der Waals surface area contributed by atoms with Crippen molar-refractivity contribution in [1.29, 1.82) is 0 Å². The third-order valence-electron chi connectivity index (χ3n) is 4.26. The van der Waals surface area contributed by atoms with Crippen molar-refractivity contribution in [3.05, 3.63) is 79.9 Å². The Kier molecular flexibility index (Phi) is 6.53. The van der Waals surface area contributed by atoms with Crippen LogP contribution in [0.25, 0.3) is 0 Å². The molecule has 2 aromatic carbocycles. The molecule has 0 radical (unpaired) electrons. The minimum atomic E-state index is -2.17. The summed E-state index contributed by atoms with van der Waals surface area (Å²) in [5, 5.41) is 34.0. The predicted molar refractivity (Wildman–Crippen MR) is 106 cm³/mol. The Hall–Kier alpha value is -3.37. The van der Waals surface area contributed by atoms with Crippen molar-refractivity contribution in [1.82, 2.24) is 0 Å². The number of methoxy groups -OCH3 is 1. The molecule has 0 aliphatic rings. The van der Waals surface area contributed by atoms with Crippen molar-refractivity contribution in [3.63, 3.8) is 0 Å². The highest BCUT2D eigenvalue weighted by atomic mass is 16.6. The SMILES string of the molecule is COC(=O)[C@](OC(C)(C)C)(c1ccccc1)[C@@H](O)c1ccc([N+](=O)[O-])cc1[N+](=O)[O-]. The van der Waals surface area contributed by atoms with E-state index < -0.39 is 44.5 Å². The van der Waals surface area contributed by atoms with E-state index in [4.69, 9.17) is 9.47 Å². The van der Waals surface area contributed by atoms with Gasteiger partial charge in [0.25, 0.3) is 11.4 Å². The topological polar surface area (TPSA) is 142 Å². The Morgan fingerprint density at radius 2 is 1.63 bits per heavy atom. The van der Waals surface area contributed by atoms with Crippen LogP contribution in [0.4, 0.5) is 11.4 Å². The fourth-order valence-electron chi connectivity index (χ4n) is 3.12. The van der Waals surface area contributed by atoms with Crippen LogP contribution in [0.15, 0.2) is 48.5 Å². The van der Waals surface area contributed by atoms with E-state index in [0.29, 0.717) is 0 Å². The molecule has 0 unspecified atom stereocenters. The summed E-state index contributed by atoms with van der Waals surface area (Å²) in [5.41, 5.74) is -4.54. The van der Waals surface area contributed by atoms with Gasteiger partial charge in [0.05, 0.1) is 34.2 Å².